The first-order chi connectivity index (χ1) is 11.7. The predicted molar refractivity (Wildman–Crippen MR) is 104 cm³/mol. The third-order valence-electron chi connectivity index (χ3n) is 4.86. The standard InChI is InChI=1S/C21H43NO2/c1-2-3-4-5-6-7-8-9-10-11-12-13-14-15-16-17-20(23)18-19-21(22)24/h20,23H,2-19H2,1H3,(H2,22,24). The topological polar surface area (TPSA) is 63.3 Å². The summed E-state index contributed by atoms with van der Waals surface area (Å²) in [6.45, 7) is 2.27. The number of primary amides is 1. The minimum Gasteiger partial charge on any atom is -0.393 e. The Labute approximate surface area is 150 Å². The lowest BCUT2D eigenvalue weighted by Crippen LogP contribution is -2.15. The molecular weight excluding hydrogens is 298 g/mol. The summed E-state index contributed by atoms with van der Waals surface area (Å²) in [5, 5.41) is 9.69. The molecule has 1 unspecified atom stereocenters. The second-order valence-corrected chi connectivity index (χ2v) is 7.40. The van der Waals surface area contributed by atoms with Gasteiger partial charge in [-0.15, -0.1) is 0 Å². The van der Waals surface area contributed by atoms with Crippen LogP contribution in [0.3, 0.4) is 0 Å². The van der Waals surface area contributed by atoms with Gasteiger partial charge in [-0.3, -0.25) is 4.79 Å². The van der Waals surface area contributed by atoms with Gasteiger partial charge in [-0.25, -0.2) is 0 Å². The molecule has 3 heteroatoms. The lowest BCUT2D eigenvalue weighted by atomic mass is 10.0. The smallest absolute Gasteiger partial charge is 0.217 e. The van der Waals surface area contributed by atoms with E-state index >= 15 is 0 Å². The zero-order valence-electron chi connectivity index (χ0n) is 16.2. The van der Waals surface area contributed by atoms with Crippen LogP contribution in [-0.2, 0) is 4.79 Å². The first-order valence-electron chi connectivity index (χ1n) is 10.6. The van der Waals surface area contributed by atoms with Gasteiger partial charge in [0, 0.05) is 6.42 Å². The van der Waals surface area contributed by atoms with Crippen molar-refractivity contribution < 1.29 is 9.90 Å². The molecule has 0 saturated heterocycles. The highest BCUT2D eigenvalue weighted by molar-refractivity contribution is 5.73. The minimum atomic E-state index is -0.348. The SMILES string of the molecule is CCCCCCCCCCCCCCCCCC(O)CCC(N)=O. The van der Waals surface area contributed by atoms with Gasteiger partial charge in [-0.1, -0.05) is 103 Å². The summed E-state index contributed by atoms with van der Waals surface area (Å²) in [7, 11) is 0. The monoisotopic (exact) mass is 341 g/mol. The molecule has 0 rings (SSSR count). The van der Waals surface area contributed by atoms with Crippen LogP contribution in [-0.4, -0.2) is 17.1 Å². The Morgan fingerprint density at radius 3 is 1.46 bits per heavy atom. The van der Waals surface area contributed by atoms with E-state index in [0.717, 1.165) is 12.8 Å². The molecule has 0 bridgehead atoms. The summed E-state index contributed by atoms with van der Waals surface area (Å²) in [6.07, 6.45) is 21.6. The Morgan fingerprint density at radius 1 is 0.708 bits per heavy atom. The van der Waals surface area contributed by atoms with Crippen LogP contribution in [0.5, 0.6) is 0 Å². The highest BCUT2D eigenvalue weighted by Gasteiger charge is 2.05. The van der Waals surface area contributed by atoms with E-state index in [1.165, 1.54) is 89.9 Å². The van der Waals surface area contributed by atoms with Gasteiger partial charge < -0.3 is 10.8 Å². The Morgan fingerprint density at radius 2 is 1.08 bits per heavy atom. The van der Waals surface area contributed by atoms with Gasteiger partial charge >= 0.3 is 0 Å². The van der Waals surface area contributed by atoms with Crippen LogP contribution >= 0.6 is 0 Å². The largest absolute Gasteiger partial charge is 0.393 e. The molecule has 1 atom stereocenters. The average Bonchev–Trinajstić information content (AvgIpc) is 2.56. The Hall–Kier alpha value is -0.570. The van der Waals surface area contributed by atoms with Gasteiger partial charge in [0.1, 0.15) is 0 Å². The van der Waals surface area contributed by atoms with Gasteiger partial charge in [0.25, 0.3) is 0 Å². The summed E-state index contributed by atoms with van der Waals surface area (Å²) in [5.41, 5.74) is 5.08. The van der Waals surface area contributed by atoms with Crippen molar-refractivity contribution in [2.24, 2.45) is 5.73 Å². The van der Waals surface area contributed by atoms with E-state index in [1.807, 2.05) is 0 Å². The van der Waals surface area contributed by atoms with Gasteiger partial charge in [-0.05, 0) is 12.8 Å². The molecule has 0 aromatic heterocycles. The quantitative estimate of drug-likeness (QED) is 0.288. The molecule has 0 saturated carbocycles. The van der Waals surface area contributed by atoms with Crippen molar-refractivity contribution in [2.45, 2.75) is 129 Å². The summed E-state index contributed by atoms with van der Waals surface area (Å²) >= 11 is 0. The molecule has 24 heavy (non-hydrogen) atoms. The molecule has 3 N–H and O–H groups in total. The maximum atomic E-state index is 10.6. The Bertz CT molecular complexity index is 269. The minimum absolute atomic E-state index is 0.305. The normalized spacial score (nSPS) is 12.4. The molecule has 0 aromatic rings. The lowest BCUT2D eigenvalue weighted by Gasteiger charge is -2.08. The number of hydrogen-bond donors (Lipinski definition) is 2. The highest BCUT2D eigenvalue weighted by atomic mass is 16.3. The number of carbonyl (C=O) groups is 1. The number of nitrogens with two attached hydrogens (primary N) is 1. The number of amides is 1. The third-order valence-corrected chi connectivity index (χ3v) is 4.86. The first kappa shape index (κ1) is 23.4. The molecule has 1 amide bonds. The van der Waals surface area contributed by atoms with Crippen LogP contribution in [0, 0.1) is 0 Å². The van der Waals surface area contributed by atoms with Crippen molar-refractivity contribution in [3.63, 3.8) is 0 Å². The molecule has 0 aliphatic rings. The summed E-state index contributed by atoms with van der Waals surface area (Å²) in [4.78, 5) is 10.6. The number of unbranched alkanes of at least 4 members (excludes halogenated alkanes) is 14. The molecule has 0 aromatic carbocycles. The fraction of sp³-hybridized carbons (Fsp3) is 0.952. The molecule has 3 nitrogen and oxygen atoms in total. The van der Waals surface area contributed by atoms with Crippen LogP contribution < -0.4 is 5.73 Å². The maximum Gasteiger partial charge on any atom is 0.217 e. The second-order valence-electron chi connectivity index (χ2n) is 7.40. The van der Waals surface area contributed by atoms with E-state index in [4.69, 9.17) is 5.73 Å². The fourth-order valence-corrected chi connectivity index (χ4v) is 3.20. The predicted octanol–water partition coefficient (Wildman–Crippen LogP) is 5.87. The number of hydrogen-bond acceptors (Lipinski definition) is 2. The number of rotatable bonds is 19. The van der Waals surface area contributed by atoms with E-state index in [0.29, 0.717) is 12.8 Å². The lowest BCUT2D eigenvalue weighted by molar-refractivity contribution is -0.118. The van der Waals surface area contributed by atoms with Crippen LogP contribution in [0.1, 0.15) is 122 Å². The number of aliphatic hydroxyl groups excluding tert-OH is 1. The van der Waals surface area contributed by atoms with Crippen molar-refractivity contribution in [3.05, 3.63) is 0 Å². The fourth-order valence-electron chi connectivity index (χ4n) is 3.20. The van der Waals surface area contributed by atoms with Crippen LogP contribution in [0.4, 0.5) is 0 Å². The van der Waals surface area contributed by atoms with Crippen LogP contribution in [0.25, 0.3) is 0 Å². The number of carbonyl (C=O) groups excluding carboxylic acids is 1. The van der Waals surface area contributed by atoms with Crippen LogP contribution in [0.2, 0.25) is 0 Å². The van der Waals surface area contributed by atoms with Gasteiger partial charge in [0.05, 0.1) is 6.10 Å². The average molecular weight is 342 g/mol. The molecule has 0 heterocycles. The van der Waals surface area contributed by atoms with E-state index in [9.17, 15) is 9.90 Å². The molecule has 0 aliphatic heterocycles. The van der Waals surface area contributed by atoms with Crippen molar-refractivity contribution in [2.75, 3.05) is 0 Å². The molecule has 0 spiro atoms. The molecule has 0 fully saturated rings. The zero-order chi connectivity index (χ0) is 17.9. The molecule has 0 aliphatic carbocycles. The number of aliphatic hydroxyl groups is 1. The van der Waals surface area contributed by atoms with Crippen molar-refractivity contribution in [3.8, 4) is 0 Å². The van der Waals surface area contributed by atoms with Crippen molar-refractivity contribution in [1.29, 1.82) is 0 Å². The summed E-state index contributed by atoms with van der Waals surface area (Å²) in [5.74, 6) is -0.314. The van der Waals surface area contributed by atoms with Crippen molar-refractivity contribution >= 4 is 5.91 Å². The zero-order valence-corrected chi connectivity index (χ0v) is 16.2. The molecule has 0 radical (unpaired) electrons. The highest BCUT2D eigenvalue weighted by Crippen LogP contribution is 2.14. The molecule has 144 valence electrons. The van der Waals surface area contributed by atoms with Gasteiger partial charge in [-0.2, -0.15) is 0 Å². The van der Waals surface area contributed by atoms with E-state index in [-0.39, 0.29) is 12.0 Å². The second kappa shape index (κ2) is 18.8. The van der Waals surface area contributed by atoms with E-state index in [1.54, 1.807) is 0 Å². The van der Waals surface area contributed by atoms with Crippen molar-refractivity contribution in [1.82, 2.24) is 0 Å². The molecular formula is C21H43NO2. The van der Waals surface area contributed by atoms with Gasteiger partial charge in [0.2, 0.25) is 5.91 Å². The van der Waals surface area contributed by atoms with E-state index in [2.05, 4.69) is 6.92 Å². The van der Waals surface area contributed by atoms with E-state index < -0.39 is 0 Å². The third kappa shape index (κ3) is 19.5. The Kier molecular flexibility index (Phi) is 18.3. The summed E-state index contributed by atoms with van der Waals surface area (Å²) in [6, 6.07) is 0. The Balaban J connectivity index is 3.08. The van der Waals surface area contributed by atoms with Gasteiger partial charge in [0.15, 0.2) is 0 Å². The summed E-state index contributed by atoms with van der Waals surface area (Å²) < 4.78 is 0. The van der Waals surface area contributed by atoms with Crippen LogP contribution in [0.15, 0.2) is 0 Å². The first-order valence-corrected chi connectivity index (χ1v) is 10.6. The maximum absolute atomic E-state index is 10.6.